The fourth-order valence-electron chi connectivity index (χ4n) is 4.46. The molecule has 0 aromatic heterocycles. The van der Waals surface area contributed by atoms with Crippen LogP contribution in [-0.4, -0.2) is 90.7 Å². The van der Waals surface area contributed by atoms with Crippen LogP contribution in [-0.2, 0) is 19.2 Å². The topological polar surface area (TPSA) is 127 Å². The first-order valence-corrected chi connectivity index (χ1v) is 11.9. The number of nitrogens with zero attached hydrogens (tertiary/aromatic N) is 3. The van der Waals surface area contributed by atoms with Crippen LogP contribution >= 0.6 is 0 Å². The van der Waals surface area contributed by atoms with E-state index < -0.39 is 23.8 Å². The van der Waals surface area contributed by atoms with Crippen molar-refractivity contribution in [3.63, 3.8) is 0 Å². The van der Waals surface area contributed by atoms with Gasteiger partial charge in [-0.3, -0.25) is 29.0 Å². The van der Waals surface area contributed by atoms with Gasteiger partial charge in [0.15, 0.2) is 0 Å². The zero-order chi connectivity index (χ0) is 26.1. The van der Waals surface area contributed by atoms with Crippen LogP contribution in [0.3, 0.4) is 0 Å². The highest BCUT2D eigenvalue weighted by molar-refractivity contribution is 6.04. The van der Waals surface area contributed by atoms with Crippen molar-refractivity contribution in [1.82, 2.24) is 15.1 Å². The molecule has 3 amide bonds. The van der Waals surface area contributed by atoms with Gasteiger partial charge >= 0.3 is 5.97 Å². The summed E-state index contributed by atoms with van der Waals surface area (Å²) in [5.41, 5.74) is 1.94. The van der Waals surface area contributed by atoms with Gasteiger partial charge in [-0.1, -0.05) is 6.92 Å². The summed E-state index contributed by atoms with van der Waals surface area (Å²) in [6.45, 7) is 8.71. The summed E-state index contributed by atoms with van der Waals surface area (Å²) in [5, 5.41) is 11.6. The predicted octanol–water partition coefficient (Wildman–Crippen LogP) is 1.31. The van der Waals surface area contributed by atoms with Gasteiger partial charge in [0, 0.05) is 56.9 Å². The number of likely N-dealkylation sites (N-methyl/N-ethyl adjacent to an activating group) is 1. The third kappa shape index (κ3) is 7.11. The van der Waals surface area contributed by atoms with Gasteiger partial charge in [0.05, 0.1) is 5.92 Å². The summed E-state index contributed by atoms with van der Waals surface area (Å²) in [6, 6.07) is 4.49. The van der Waals surface area contributed by atoms with Gasteiger partial charge in [0.2, 0.25) is 12.3 Å². The molecule has 1 aliphatic rings. The first kappa shape index (κ1) is 28.0. The highest BCUT2D eigenvalue weighted by Gasteiger charge is 2.31. The molecule has 192 valence electrons. The van der Waals surface area contributed by atoms with E-state index in [2.05, 4.69) is 22.0 Å². The summed E-state index contributed by atoms with van der Waals surface area (Å²) in [4.78, 5) is 64.4. The van der Waals surface area contributed by atoms with Crippen LogP contribution in [0.4, 0.5) is 5.69 Å². The average Bonchev–Trinajstić information content (AvgIpc) is 2.85. The van der Waals surface area contributed by atoms with Gasteiger partial charge in [-0.25, -0.2) is 0 Å². The molecule has 1 saturated heterocycles. The number of benzene rings is 1. The van der Waals surface area contributed by atoms with Crippen LogP contribution in [0.2, 0.25) is 0 Å². The van der Waals surface area contributed by atoms with Crippen molar-refractivity contribution >= 4 is 36.2 Å². The van der Waals surface area contributed by atoms with E-state index in [1.807, 2.05) is 12.1 Å². The molecule has 10 nitrogen and oxygen atoms in total. The molecular formula is C25H36N4O6. The number of aldehydes is 1. The molecule has 1 aromatic rings. The molecule has 1 heterocycles. The van der Waals surface area contributed by atoms with E-state index >= 15 is 0 Å². The number of piperazine rings is 1. The molecule has 2 N–H and O–H groups in total. The summed E-state index contributed by atoms with van der Waals surface area (Å²) < 4.78 is 0. The Labute approximate surface area is 206 Å². The van der Waals surface area contributed by atoms with Gasteiger partial charge in [0.1, 0.15) is 12.3 Å². The smallest absolute Gasteiger partial charge is 0.306 e. The number of hydrogen-bond donors (Lipinski definition) is 2. The Balaban J connectivity index is 2.10. The van der Waals surface area contributed by atoms with Gasteiger partial charge in [-0.2, -0.15) is 0 Å². The second kappa shape index (κ2) is 13.0. The molecule has 0 spiro atoms. The van der Waals surface area contributed by atoms with Crippen LogP contribution < -0.4 is 10.2 Å². The van der Waals surface area contributed by atoms with Gasteiger partial charge < -0.3 is 20.1 Å². The highest BCUT2D eigenvalue weighted by atomic mass is 16.4. The quantitative estimate of drug-likeness (QED) is 0.422. The first-order valence-electron chi connectivity index (χ1n) is 11.9. The van der Waals surface area contributed by atoms with Crippen molar-refractivity contribution < 1.29 is 29.1 Å². The number of aliphatic carboxylic acids is 1. The first-order chi connectivity index (χ1) is 16.6. The summed E-state index contributed by atoms with van der Waals surface area (Å²) in [6.07, 6.45) is 1.69. The Hall–Kier alpha value is -3.27. The lowest BCUT2D eigenvalue weighted by Gasteiger charge is -2.39. The summed E-state index contributed by atoms with van der Waals surface area (Å²) >= 11 is 0. The van der Waals surface area contributed by atoms with E-state index in [0.717, 1.165) is 36.8 Å². The normalized spacial score (nSPS) is 16.6. The molecule has 1 aliphatic heterocycles. The molecule has 2 rings (SSSR count). The minimum Gasteiger partial charge on any atom is -0.481 e. The van der Waals surface area contributed by atoms with Crippen molar-refractivity contribution in [3.05, 3.63) is 29.3 Å². The SMILES string of the molecule is CNC(=O)C(CCC=O)N(C=O)C(=O)c1ccc(N2CCN(C(C)CC(C)C(=O)O)CC2)cc1C. The fraction of sp³-hybridized carbons (Fsp3) is 0.560. The number of carboxylic acid groups (broad SMARTS) is 1. The van der Waals surface area contributed by atoms with E-state index in [9.17, 15) is 24.0 Å². The van der Waals surface area contributed by atoms with Crippen molar-refractivity contribution in [2.75, 3.05) is 38.1 Å². The molecule has 0 radical (unpaired) electrons. The van der Waals surface area contributed by atoms with E-state index in [1.165, 1.54) is 7.05 Å². The lowest BCUT2D eigenvalue weighted by Crippen LogP contribution is -2.50. The number of imide groups is 1. The Morgan fingerprint density at radius 1 is 1.14 bits per heavy atom. The number of carboxylic acids is 1. The monoisotopic (exact) mass is 488 g/mol. The predicted molar refractivity (Wildman–Crippen MR) is 131 cm³/mol. The molecule has 1 aromatic carbocycles. The standard InChI is InChI=1S/C25H36N4O6/c1-17-15-20(28-11-9-27(10-12-28)19(3)14-18(2)25(34)35)7-8-21(17)24(33)29(16-31)22(6-5-13-30)23(32)26-4/h7-8,13,15-16,18-19,22H,5-6,9-12,14H2,1-4H3,(H,26,32)(H,34,35). The van der Waals surface area contributed by atoms with E-state index in [0.29, 0.717) is 30.2 Å². The average molecular weight is 489 g/mol. The van der Waals surface area contributed by atoms with Crippen LogP contribution in [0.5, 0.6) is 0 Å². The number of nitrogens with one attached hydrogen (secondary N) is 1. The van der Waals surface area contributed by atoms with Gasteiger partial charge in [-0.05, 0) is 50.5 Å². The Kier molecular flexibility index (Phi) is 10.4. The van der Waals surface area contributed by atoms with E-state index in [-0.39, 0.29) is 24.8 Å². The third-order valence-corrected chi connectivity index (χ3v) is 6.65. The van der Waals surface area contributed by atoms with Crippen LogP contribution in [0.15, 0.2) is 18.2 Å². The Bertz CT molecular complexity index is 929. The molecular weight excluding hydrogens is 452 g/mol. The zero-order valence-electron chi connectivity index (χ0n) is 20.9. The molecule has 3 unspecified atom stereocenters. The van der Waals surface area contributed by atoms with Crippen molar-refractivity contribution in [2.24, 2.45) is 5.92 Å². The molecule has 0 bridgehead atoms. The molecule has 0 saturated carbocycles. The van der Waals surface area contributed by atoms with Crippen LogP contribution in [0.25, 0.3) is 0 Å². The second-order valence-electron chi connectivity index (χ2n) is 9.04. The van der Waals surface area contributed by atoms with Crippen molar-refractivity contribution in [3.8, 4) is 0 Å². The number of carbonyl (C=O) groups is 5. The Morgan fingerprint density at radius 3 is 2.31 bits per heavy atom. The van der Waals surface area contributed by atoms with Crippen LogP contribution in [0.1, 0.15) is 49.0 Å². The number of amides is 3. The Morgan fingerprint density at radius 2 is 1.80 bits per heavy atom. The fourth-order valence-corrected chi connectivity index (χ4v) is 4.46. The summed E-state index contributed by atoms with van der Waals surface area (Å²) in [5.74, 6) is -2.26. The maximum absolute atomic E-state index is 13.1. The summed E-state index contributed by atoms with van der Waals surface area (Å²) in [7, 11) is 1.41. The molecule has 35 heavy (non-hydrogen) atoms. The number of anilines is 1. The van der Waals surface area contributed by atoms with E-state index in [1.54, 1.807) is 19.9 Å². The van der Waals surface area contributed by atoms with E-state index in [4.69, 9.17) is 5.11 Å². The minimum atomic E-state index is -1.06. The maximum atomic E-state index is 13.1. The lowest BCUT2D eigenvalue weighted by molar-refractivity contribution is -0.141. The molecule has 3 atom stereocenters. The zero-order valence-corrected chi connectivity index (χ0v) is 20.9. The molecule has 1 fully saturated rings. The minimum absolute atomic E-state index is 0.0490. The molecule has 0 aliphatic carbocycles. The third-order valence-electron chi connectivity index (χ3n) is 6.65. The maximum Gasteiger partial charge on any atom is 0.306 e. The van der Waals surface area contributed by atoms with Crippen molar-refractivity contribution in [1.29, 1.82) is 0 Å². The van der Waals surface area contributed by atoms with Crippen LogP contribution in [0, 0.1) is 12.8 Å². The number of aryl methyl sites for hydroxylation is 1. The van der Waals surface area contributed by atoms with Crippen molar-refractivity contribution in [2.45, 2.75) is 52.1 Å². The number of hydrogen-bond acceptors (Lipinski definition) is 7. The largest absolute Gasteiger partial charge is 0.481 e. The second-order valence-corrected chi connectivity index (χ2v) is 9.04. The lowest BCUT2D eigenvalue weighted by atomic mass is 10.0. The number of rotatable bonds is 12. The van der Waals surface area contributed by atoms with Gasteiger partial charge in [-0.15, -0.1) is 0 Å². The highest BCUT2D eigenvalue weighted by Crippen LogP contribution is 2.24. The van der Waals surface area contributed by atoms with Gasteiger partial charge in [0.25, 0.3) is 5.91 Å². The molecule has 10 heteroatoms. The number of carbonyl (C=O) groups excluding carboxylic acids is 4.